The smallest absolute Gasteiger partial charge is 0.242 e. The highest BCUT2D eigenvalue weighted by atomic mass is 16.2. The van der Waals surface area contributed by atoms with Crippen LogP contribution in [-0.4, -0.2) is 29.3 Å². The number of amides is 2. The highest BCUT2D eigenvalue weighted by Gasteiger charge is 2.34. The van der Waals surface area contributed by atoms with Crippen molar-refractivity contribution in [1.29, 1.82) is 0 Å². The van der Waals surface area contributed by atoms with Gasteiger partial charge in [0.1, 0.15) is 6.04 Å². The van der Waals surface area contributed by atoms with E-state index < -0.39 is 0 Å². The molecule has 4 rings (SSSR count). The predicted molar refractivity (Wildman–Crippen MR) is 107 cm³/mol. The van der Waals surface area contributed by atoms with Crippen molar-refractivity contribution in [3.63, 3.8) is 0 Å². The number of hydrogen-bond acceptors (Lipinski definition) is 2. The van der Waals surface area contributed by atoms with Crippen molar-refractivity contribution in [1.82, 2.24) is 10.2 Å². The number of fused-ring (bicyclic) bond motifs is 1. The number of carbonyl (C=O) groups excluding carboxylic acids is 2. The van der Waals surface area contributed by atoms with Gasteiger partial charge >= 0.3 is 0 Å². The van der Waals surface area contributed by atoms with E-state index in [1.165, 1.54) is 24.6 Å². The Labute approximate surface area is 160 Å². The highest BCUT2D eigenvalue weighted by molar-refractivity contribution is 5.90. The zero-order valence-electron chi connectivity index (χ0n) is 15.8. The van der Waals surface area contributed by atoms with E-state index in [0.29, 0.717) is 31.8 Å². The van der Waals surface area contributed by atoms with Crippen LogP contribution < -0.4 is 5.32 Å². The van der Waals surface area contributed by atoms with Gasteiger partial charge in [-0.15, -0.1) is 0 Å². The van der Waals surface area contributed by atoms with Gasteiger partial charge in [0.05, 0.1) is 0 Å². The van der Waals surface area contributed by atoms with Gasteiger partial charge < -0.3 is 10.2 Å². The van der Waals surface area contributed by atoms with Crippen molar-refractivity contribution in [3.05, 3.63) is 48.0 Å². The molecule has 27 heavy (non-hydrogen) atoms. The number of nitrogens with one attached hydrogen (secondary N) is 1. The highest BCUT2D eigenvalue weighted by Crippen LogP contribution is 2.29. The van der Waals surface area contributed by atoms with Crippen LogP contribution in [-0.2, 0) is 16.1 Å². The van der Waals surface area contributed by atoms with Crippen molar-refractivity contribution in [2.45, 2.75) is 57.5 Å². The third kappa shape index (κ3) is 4.00. The summed E-state index contributed by atoms with van der Waals surface area (Å²) in [5.41, 5.74) is 1.12. The number of rotatable bonds is 5. The SMILES string of the molecule is O=C1NCCC1N(Cc1cccc2ccccc12)C(=O)CC1CCCCC1. The van der Waals surface area contributed by atoms with Crippen LogP contribution in [0.3, 0.4) is 0 Å². The van der Waals surface area contributed by atoms with E-state index >= 15 is 0 Å². The van der Waals surface area contributed by atoms with Crippen LogP contribution in [0.1, 0.15) is 50.5 Å². The van der Waals surface area contributed by atoms with Gasteiger partial charge in [0.2, 0.25) is 11.8 Å². The maximum Gasteiger partial charge on any atom is 0.242 e. The number of benzene rings is 2. The van der Waals surface area contributed by atoms with Crippen LogP contribution >= 0.6 is 0 Å². The Bertz CT molecular complexity index is 821. The molecular formula is C23H28N2O2. The molecule has 1 saturated carbocycles. The summed E-state index contributed by atoms with van der Waals surface area (Å²) in [6, 6.07) is 14.1. The normalized spacial score (nSPS) is 20.6. The van der Waals surface area contributed by atoms with Crippen LogP contribution in [0.2, 0.25) is 0 Å². The van der Waals surface area contributed by atoms with E-state index in [4.69, 9.17) is 0 Å². The molecule has 0 bridgehead atoms. The van der Waals surface area contributed by atoms with E-state index in [1.54, 1.807) is 0 Å². The molecule has 0 aromatic heterocycles. The molecule has 1 aliphatic heterocycles. The molecule has 142 valence electrons. The number of carbonyl (C=O) groups is 2. The Kier molecular flexibility index (Phi) is 5.42. The van der Waals surface area contributed by atoms with E-state index in [0.717, 1.165) is 23.8 Å². The summed E-state index contributed by atoms with van der Waals surface area (Å²) in [6.07, 6.45) is 7.32. The van der Waals surface area contributed by atoms with Crippen LogP contribution in [0.4, 0.5) is 0 Å². The lowest BCUT2D eigenvalue weighted by molar-refractivity contribution is -0.140. The molecule has 2 aromatic rings. The largest absolute Gasteiger partial charge is 0.354 e. The first-order chi connectivity index (χ1) is 13.2. The molecule has 1 aliphatic carbocycles. The first kappa shape index (κ1) is 18.0. The second-order valence-corrected chi connectivity index (χ2v) is 7.96. The van der Waals surface area contributed by atoms with Crippen LogP contribution in [0.15, 0.2) is 42.5 Å². The van der Waals surface area contributed by atoms with Gasteiger partial charge in [-0.1, -0.05) is 61.7 Å². The minimum atomic E-state index is -0.333. The van der Waals surface area contributed by atoms with E-state index in [-0.39, 0.29) is 17.9 Å². The third-order valence-corrected chi connectivity index (χ3v) is 6.12. The average Bonchev–Trinajstić information content (AvgIpc) is 3.12. The molecule has 0 spiro atoms. The summed E-state index contributed by atoms with van der Waals surface area (Å²) in [7, 11) is 0. The predicted octanol–water partition coefficient (Wildman–Crippen LogP) is 4.03. The van der Waals surface area contributed by atoms with Gasteiger partial charge in [0.15, 0.2) is 0 Å². The first-order valence-corrected chi connectivity index (χ1v) is 10.3. The van der Waals surface area contributed by atoms with Crippen LogP contribution in [0.25, 0.3) is 10.8 Å². The van der Waals surface area contributed by atoms with Crippen LogP contribution in [0, 0.1) is 5.92 Å². The summed E-state index contributed by atoms with van der Waals surface area (Å²) in [6.45, 7) is 1.16. The fraction of sp³-hybridized carbons (Fsp3) is 0.478. The van der Waals surface area contributed by atoms with Crippen molar-refractivity contribution in [3.8, 4) is 0 Å². The topological polar surface area (TPSA) is 49.4 Å². The molecule has 1 heterocycles. The number of hydrogen-bond donors (Lipinski definition) is 1. The summed E-state index contributed by atoms with van der Waals surface area (Å²) in [5, 5.41) is 5.23. The lowest BCUT2D eigenvalue weighted by atomic mass is 9.86. The molecule has 4 heteroatoms. The molecule has 0 radical (unpaired) electrons. The average molecular weight is 364 g/mol. The van der Waals surface area contributed by atoms with Crippen molar-refractivity contribution < 1.29 is 9.59 Å². The fourth-order valence-corrected chi connectivity index (χ4v) is 4.62. The molecule has 4 nitrogen and oxygen atoms in total. The minimum Gasteiger partial charge on any atom is -0.354 e. The maximum absolute atomic E-state index is 13.2. The van der Waals surface area contributed by atoms with Gasteiger partial charge in [0, 0.05) is 19.5 Å². The Hall–Kier alpha value is -2.36. The van der Waals surface area contributed by atoms with E-state index in [2.05, 4.69) is 29.6 Å². The summed E-state index contributed by atoms with van der Waals surface area (Å²) in [5.74, 6) is 0.606. The molecular weight excluding hydrogens is 336 g/mol. The summed E-state index contributed by atoms with van der Waals surface area (Å²) >= 11 is 0. The Morgan fingerprint density at radius 2 is 1.78 bits per heavy atom. The van der Waals surface area contributed by atoms with E-state index in [1.807, 2.05) is 23.1 Å². The van der Waals surface area contributed by atoms with Gasteiger partial charge in [-0.25, -0.2) is 0 Å². The molecule has 2 fully saturated rings. The molecule has 2 aromatic carbocycles. The first-order valence-electron chi connectivity index (χ1n) is 10.3. The molecule has 2 amide bonds. The quantitative estimate of drug-likeness (QED) is 0.871. The maximum atomic E-state index is 13.2. The second-order valence-electron chi connectivity index (χ2n) is 7.96. The zero-order chi connectivity index (χ0) is 18.6. The Balaban J connectivity index is 1.59. The standard InChI is InChI=1S/C23H28N2O2/c26-22(15-17-7-2-1-3-8-17)25(21-13-14-24-23(21)27)16-19-11-6-10-18-9-4-5-12-20(18)19/h4-6,9-12,17,21H,1-3,7-8,13-16H2,(H,24,27). The van der Waals surface area contributed by atoms with Crippen LogP contribution in [0.5, 0.6) is 0 Å². The van der Waals surface area contributed by atoms with Gasteiger partial charge in [-0.2, -0.15) is 0 Å². The molecule has 1 atom stereocenters. The summed E-state index contributed by atoms with van der Waals surface area (Å²) in [4.78, 5) is 27.4. The summed E-state index contributed by atoms with van der Waals surface area (Å²) < 4.78 is 0. The molecule has 1 saturated heterocycles. The fourth-order valence-electron chi connectivity index (χ4n) is 4.62. The van der Waals surface area contributed by atoms with Crippen molar-refractivity contribution in [2.75, 3.05) is 6.54 Å². The Morgan fingerprint density at radius 3 is 2.56 bits per heavy atom. The van der Waals surface area contributed by atoms with Crippen molar-refractivity contribution >= 4 is 22.6 Å². The zero-order valence-corrected chi connectivity index (χ0v) is 15.8. The second kappa shape index (κ2) is 8.12. The lowest BCUT2D eigenvalue weighted by Gasteiger charge is -2.30. The third-order valence-electron chi connectivity index (χ3n) is 6.12. The molecule has 1 N–H and O–H groups in total. The van der Waals surface area contributed by atoms with Gasteiger partial charge in [-0.3, -0.25) is 9.59 Å². The monoisotopic (exact) mass is 364 g/mol. The Morgan fingerprint density at radius 1 is 1.00 bits per heavy atom. The molecule has 2 aliphatic rings. The van der Waals surface area contributed by atoms with E-state index in [9.17, 15) is 9.59 Å². The molecule has 1 unspecified atom stereocenters. The minimum absolute atomic E-state index is 0.00719. The van der Waals surface area contributed by atoms with Gasteiger partial charge in [-0.05, 0) is 41.5 Å². The number of nitrogens with zero attached hydrogens (tertiary/aromatic N) is 1. The van der Waals surface area contributed by atoms with Gasteiger partial charge in [0.25, 0.3) is 0 Å². The van der Waals surface area contributed by atoms with Crippen molar-refractivity contribution in [2.24, 2.45) is 5.92 Å². The lowest BCUT2D eigenvalue weighted by Crippen LogP contribution is -2.44.